The quantitative estimate of drug-likeness (QED) is 0.341. The van der Waals surface area contributed by atoms with Gasteiger partial charge in [-0.05, 0) is 37.0 Å². The molecule has 1 saturated heterocycles. The van der Waals surface area contributed by atoms with Gasteiger partial charge in [-0.25, -0.2) is 0 Å². The Morgan fingerprint density at radius 1 is 1.27 bits per heavy atom. The number of nitrogens with two attached hydrogens (primary N) is 1. The Labute approximate surface area is 199 Å². The fourth-order valence-electron chi connectivity index (χ4n) is 2.40. The molecule has 1 unspecified atom stereocenters. The third-order valence-electron chi connectivity index (χ3n) is 3.93. The molecule has 1 atom stereocenters. The number of nitriles is 1. The first kappa shape index (κ1) is 29.7. The second kappa shape index (κ2) is 16.3. The van der Waals surface area contributed by atoms with Crippen LogP contribution in [0.2, 0.25) is 5.02 Å². The van der Waals surface area contributed by atoms with Crippen LogP contribution >= 0.6 is 11.6 Å². The van der Waals surface area contributed by atoms with Gasteiger partial charge in [0.25, 0.3) is 5.91 Å². The van der Waals surface area contributed by atoms with Crippen LogP contribution in [-0.4, -0.2) is 59.9 Å². The van der Waals surface area contributed by atoms with E-state index in [9.17, 15) is 19.2 Å². The smallest absolute Gasteiger partial charge is 0.306 e. The molecule has 11 heteroatoms. The number of carbonyl (C=O) groups is 4. The third kappa shape index (κ3) is 13.6. The molecule has 1 aliphatic rings. The maximum atomic E-state index is 11.8. The molecule has 0 radical (unpaired) electrons. The summed E-state index contributed by atoms with van der Waals surface area (Å²) in [7, 11) is 0. The molecular formula is C22H32ClN5O5. The molecule has 1 fully saturated rings. The van der Waals surface area contributed by atoms with Crippen molar-refractivity contribution in [1.29, 1.82) is 5.26 Å². The number of benzene rings is 1. The van der Waals surface area contributed by atoms with Gasteiger partial charge in [0.15, 0.2) is 0 Å². The largest absolute Gasteiger partial charge is 0.481 e. The topological polar surface area (TPSA) is 166 Å². The van der Waals surface area contributed by atoms with Gasteiger partial charge >= 0.3 is 5.97 Å². The van der Waals surface area contributed by atoms with Crippen molar-refractivity contribution in [3.63, 3.8) is 0 Å². The first-order valence-corrected chi connectivity index (χ1v) is 10.8. The van der Waals surface area contributed by atoms with Gasteiger partial charge in [0.2, 0.25) is 12.3 Å². The van der Waals surface area contributed by atoms with Crippen molar-refractivity contribution in [2.24, 2.45) is 5.92 Å². The van der Waals surface area contributed by atoms with Crippen molar-refractivity contribution in [2.45, 2.75) is 46.1 Å². The van der Waals surface area contributed by atoms with E-state index in [0.29, 0.717) is 22.7 Å². The van der Waals surface area contributed by atoms with Gasteiger partial charge < -0.3 is 26.4 Å². The Hall–Kier alpha value is -3.32. The Morgan fingerprint density at radius 2 is 1.85 bits per heavy atom. The molecule has 1 aliphatic heterocycles. The predicted octanol–water partition coefficient (Wildman–Crippen LogP) is 2.04. The number of nitrogens with zero attached hydrogens (tertiary/aromatic N) is 2. The molecule has 1 aromatic carbocycles. The normalized spacial score (nSPS) is 12.8. The standard InChI is InChI=1S/C13H16ClN3O2.C5H6N2O3.C4H10/c14-10-7-9(3-4-11(10)15)13(19)16-8-12(18)17-5-1-2-6-17;6-2-4(7-3-8)1-5(9)10;1-4(2)3/h3-4,7H,1-2,5-6,8,15H2,(H,16,19);3-4H,1H2,(H,7,8)(H,9,10);4H,1-3H3. The number of hydrogen-bond acceptors (Lipinski definition) is 6. The Balaban J connectivity index is 0.000000615. The third-order valence-corrected chi connectivity index (χ3v) is 4.25. The average Bonchev–Trinajstić information content (AvgIpc) is 3.28. The minimum atomic E-state index is -1.11. The number of hydrogen-bond donors (Lipinski definition) is 4. The highest BCUT2D eigenvalue weighted by Crippen LogP contribution is 2.19. The molecule has 182 valence electrons. The number of carboxylic acid groups (broad SMARTS) is 1. The van der Waals surface area contributed by atoms with Crippen LogP contribution in [0.15, 0.2) is 18.2 Å². The molecule has 1 heterocycles. The SMILES string of the molecule is CC(C)C.N#CC(CC(=O)O)NC=O.Nc1ccc(C(=O)NCC(=O)N2CCCC2)cc1Cl. The highest BCUT2D eigenvalue weighted by atomic mass is 35.5. The van der Waals surface area contributed by atoms with Gasteiger partial charge in [-0.3, -0.25) is 19.2 Å². The fourth-order valence-corrected chi connectivity index (χ4v) is 2.58. The number of carboxylic acids is 1. The number of nitrogens with one attached hydrogen (secondary N) is 2. The van der Waals surface area contributed by atoms with Crippen LogP contribution in [0.25, 0.3) is 0 Å². The van der Waals surface area contributed by atoms with Crippen molar-refractivity contribution >= 4 is 41.5 Å². The number of rotatable bonds is 7. The van der Waals surface area contributed by atoms with E-state index in [1.165, 1.54) is 6.07 Å². The number of carbonyl (C=O) groups excluding carboxylic acids is 3. The molecule has 3 amide bonds. The molecule has 10 nitrogen and oxygen atoms in total. The van der Waals surface area contributed by atoms with Gasteiger partial charge in [-0.2, -0.15) is 5.26 Å². The minimum absolute atomic E-state index is 0.0147. The van der Waals surface area contributed by atoms with Crippen molar-refractivity contribution < 1.29 is 24.3 Å². The second-order valence-electron chi connectivity index (χ2n) is 7.80. The van der Waals surface area contributed by atoms with Crippen LogP contribution in [0.1, 0.15) is 50.4 Å². The summed E-state index contributed by atoms with van der Waals surface area (Å²) in [5, 5.41) is 21.3. The summed E-state index contributed by atoms with van der Waals surface area (Å²) < 4.78 is 0. The van der Waals surface area contributed by atoms with E-state index in [4.69, 9.17) is 27.7 Å². The highest BCUT2D eigenvalue weighted by molar-refractivity contribution is 6.33. The summed E-state index contributed by atoms with van der Waals surface area (Å²) in [4.78, 5) is 45.0. The van der Waals surface area contributed by atoms with Crippen molar-refractivity contribution in [3.05, 3.63) is 28.8 Å². The zero-order chi connectivity index (χ0) is 25.4. The first-order chi connectivity index (χ1) is 15.5. The summed E-state index contributed by atoms with van der Waals surface area (Å²) in [6.45, 7) is 8.08. The van der Waals surface area contributed by atoms with Crippen molar-refractivity contribution in [1.82, 2.24) is 15.5 Å². The van der Waals surface area contributed by atoms with E-state index in [1.54, 1.807) is 23.1 Å². The van der Waals surface area contributed by atoms with Gasteiger partial charge in [0, 0.05) is 18.7 Å². The monoisotopic (exact) mass is 481 g/mol. The Bertz CT molecular complexity index is 832. The highest BCUT2D eigenvalue weighted by Gasteiger charge is 2.18. The van der Waals surface area contributed by atoms with Gasteiger partial charge in [-0.1, -0.05) is 32.4 Å². The van der Waals surface area contributed by atoms with E-state index in [-0.39, 0.29) is 24.8 Å². The Morgan fingerprint density at radius 3 is 2.30 bits per heavy atom. The fraction of sp³-hybridized carbons (Fsp3) is 0.500. The van der Waals surface area contributed by atoms with Crippen LogP contribution in [0.4, 0.5) is 5.69 Å². The lowest BCUT2D eigenvalue weighted by molar-refractivity contribution is -0.137. The second-order valence-corrected chi connectivity index (χ2v) is 8.21. The van der Waals surface area contributed by atoms with Crippen LogP contribution < -0.4 is 16.4 Å². The average molecular weight is 482 g/mol. The van der Waals surface area contributed by atoms with Crippen LogP contribution in [0, 0.1) is 17.2 Å². The van der Waals surface area contributed by atoms with Gasteiger partial charge in [-0.15, -0.1) is 0 Å². The molecule has 0 saturated carbocycles. The number of likely N-dealkylation sites (tertiary alicyclic amines) is 1. The lowest BCUT2D eigenvalue weighted by Crippen LogP contribution is -2.38. The lowest BCUT2D eigenvalue weighted by Gasteiger charge is -2.15. The van der Waals surface area contributed by atoms with Gasteiger partial charge in [0.05, 0.1) is 29.7 Å². The molecule has 0 bridgehead atoms. The summed E-state index contributed by atoms with van der Waals surface area (Å²) in [6.07, 6.45) is 2.01. The lowest BCUT2D eigenvalue weighted by atomic mass is 10.2. The van der Waals surface area contributed by atoms with Crippen molar-refractivity contribution in [3.8, 4) is 6.07 Å². The molecule has 2 rings (SSSR count). The molecule has 0 spiro atoms. The van der Waals surface area contributed by atoms with E-state index < -0.39 is 12.0 Å². The summed E-state index contributed by atoms with van der Waals surface area (Å²) >= 11 is 5.84. The number of nitrogen functional groups attached to an aromatic ring is 1. The maximum absolute atomic E-state index is 11.8. The molecule has 5 N–H and O–H groups in total. The van der Waals surface area contributed by atoms with Crippen molar-refractivity contribution in [2.75, 3.05) is 25.4 Å². The summed E-state index contributed by atoms with van der Waals surface area (Å²) in [5.41, 5.74) is 6.39. The molecular weight excluding hydrogens is 450 g/mol. The van der Waals surface area contributed by atoms with E-state index in [2.05, 4.69) is 26.1 Å². The molecule has 1 aromatic rings. The first-order valence-electron chi connectivity index (χ1n) is 10.4. The molecule has 33 heavy (non-hydrogen) atoms. The maximum Gasteiger partial charge on any atom is 0.306 e. The van der Waals surface area contributed by atoms with Crippen LogP contribution in [0.5, 0.6) is 0 Å². The minimum Gasteiger partial charge on any atom is -0.481 e. The zero-order valence-corrected chi connectivity index (χ0v) is 19.9. The molecule has 0 aliphatic carbocycles. The zero-order valence-electron chi connectivity index (χ0n) is 19.1. The number of anilines is 1. The summed E-state index contributed by atoms with van der Waals surface area (Å²) in [5.74, 6) is -0.650. The summed E-state index contributed by atoms with van der Waals surface area (Å²) in [6, 6.07) is 5.33. The van der Waals surface area contributed by atoms with Gasteiger partial charge in [0.1, 0.15) is 6.04 Å². The van der Waals surface area contributed by atoms with E-state index in [1.807, 2.05) is 5.32 Å². The molecule has 0 aromatic heterocycles. The van der Waals surface area contributed by atoms with Crippen LogP contribution in [0.3, 0.4) is 0 Å². The van der Waals surface area contributed by atoms with Crippen LogP contribution in [-0.2, 0) is 14.4 Å². The van der Waals surface area contributed by atoms with E-state index >= 15 is 0 Å². The number of aliphatic carboxylic acids is 1. The Kier molecular flexibility index (Phi) is 14.7. The van der Waals surface area contributed by atoms with E-state index in [0.717, 1.165) is 31.8 Å². The number of halogens is 1. The predicted molar refractivity (Wildman–Crippen MR) is 125 cm³/mol. The number of amides is 3.